The van der Waals surface area contributed by atoms with Crippen molar-refractivity contribution in [2.45, 2.75) is 25.9 Å². The molecular weight excluding hydrogens is 320 g/mol. The van der Waals surface area contributed by atoms with Gasteiger partial charge in [0.05, 0.1) is 5.52 Å². The van der Waals surface area contributed by atoms with E-state index in [-0.39, 0.29) is 11.9 Å². The molecule has 0 bridgehead atoms. The van der Waals surface area contributed by atoms with Gasteiger partial charge in [-0.05, 0) is 32.0 Å². The van der Waals surface area contributed by atoms with Crippen LogP contribution in [0.25, 0.3) is 10.9 Å². The Morgan fingerprint density at radius 1 is 1.45 bits per heavy atom. The first-order chi connectivity index (χ1) is 9.58. The second kappa shape index (κ2) is 5.18. The number of carbonyl (C=O) groups is 1. The van der Waals surface area contributed by atoms with E-state index in [2.05, 4.69) is 45.3 Å². The number of fused-ring (bicyclic) bond motifs is 1. The van der Waals surface area contributed by atoms with Crippen LogP contribution < -0.4 is 5.32 Å². The Labute approximate surface area is 125 Å². The quantitative estimate of drug-likeness (QED) is 0.838. The van der Waals surface area contributed by atoms with Crippen molar-refractivity contribution in [1.82, 2.24) is 20.4 Å². The summed E-state index contributed by atoms with van der Waals surface area (Å²) in [6.07, 6.45) is 0. The smallest absolute Gasteiger partial charge is 0.275 e. The molecule has 1 aliphatic rings. The topological polar surface area (TPSA) is 61.0 Å². The van der Waals surface area contributed by atoms with Crippen molar-refractivity contribution in [2.24, 2.45) is 0 Å². The number of nitrogens with zero attached hydrogens (tertiary/aromatic N) is 2. The van der Waals surface area contributed by atoms with Gasteiger partial charge in [0.2, 0.25) is 0 Å². The molecule has 5 nitrogen and oxygen atoms in total. The number of hydrogen-bond donors (Lipinski definition) is 2. The van der Waals surface area contributed by atoms with Crippen LogP contribution in [0.4, 0.5) is 0 Å². The van der Waals surface area contributed by atoms with Gasteiger partial charge in [-0.2, -0.15) is 5.10 Å². The predicted molar refractivity (Wildman–Crippen MR) is 81.8 cm³/mol. The van der Waals surface area contributed by atoms with Gasteiger partial charge in [-0.25, -0.2) is 0 Å². The molecule has 1 amide bonds. The van der Waals surface area contributed by atoms with E-state index in [1.807, 2.05) is 23.1 Å². The molecule has 1 saturated heterocycles. The van der Waals surface area contributed by atoms with Crippen molar-refractivity contribution in [2.75, 3.05) is 13.1 Å². The van der Waals surface area contributed by atoms with Crippen LogP contribution in [0, 0.1) is 0 Å². The second-order valence-corrected chi connectivity index (χ2v) is 6.16. The SMILES string of the molecule is CC1NCCN(C(=O)c2n[nH]c3ccc(Br)cc23)C1C. The number of halogens is 1. The number of hydrogen-bond acceptors (Lipinski definition) is 3. The summed E-state index contributed by atoms with van der Waals surface area (Å²) in [5, 5.41) is 11.4. The number of amides is 1. The number of H-pyrrole nitrogens is 1. The van der Waals surface area contributed by atoms with E-state index in [1.165, 1.54) is 0 Å². The van der Waals surface area contributed by atoms with Crippen molar-refractivity contribution >= 4 is 32.7 Å². The summed E-state index contributed by atoms with van der Waals surface area (Å²) in [5.74, 6) is -0.00444. The Morgan fingerprint density at radius 2 is 2.25 bits per heavy atom. The minimum absolute atomic E-state index is 0.00444. The molecule has 2 heterocycles. The molecule has 106 valence electrons. The standard InChI is InChI=1S/C14H17BrN4O/c1-8-9(2)19(6-5-16-8)14(20)13-11-7-10(15)3-4-12(11)17-18-13/h3-4,7-9,16H,5-6H2,1-2H3,(H,17,18). The summed E-state index contributed by atoms with van der Waals surface area (Å²) in [4.78, 5) is 14.6. The molecule has 1 fully saturated rings. The van der Waals surface area contributed by atoms with Crippen LogP contribution in [-0.4, -0.2) is 46.2 Å². The molecule has 2 atom stereocenters. The van der Waals surface area contributed by atoms with Gasteiger partial charge in [-0.1, -0.05) is 15.9 Å². The molecule has 20 heavy (non-hydrogen) atoms. The van der Waals surface area contributed by atoms with Crippen LogP contribution in [0.5, 0.6) is 0 Å². The van der Waals surface area contributed by atoms with E-state index in [9.17, 15) is 4.79 Å². The first-order valence-electron chi connectivity index (χ1n) is 6.76. The number of rotatable bonds is 1. The van der Waals surface area contributed by atoms with Crippen molar-refractivity contribution in [1.29, 1.82) is 0 Å². The Hall–Kier alpha value is -1.40. The molecular formula is C14H17BrN4O. The zero-order chi connectivity index (χ0) is 14.3. The molecule has 0 radical (unpaired) electrons. The second-order valence-electron chi connectivity index (χ2n) is 5.24. The first kappa shape index (κ1) is 13.6. The van der Waals surface area contributed by atoms with E-state index in [1.54, 1.807) is 0 Å². The third kappa shape index (κ3) is 2.23. The molecule has 0 aliphatic carbocycles. The zero-order valence-electron chi connectivity index (χ0n) is 11.5. The lowest BCUT2D eigenvalue weighted by Gasteiger charge is -2.38. The maximum Gasteiger partial charge on any atom is 0.275 e. The molecule has 1 aliphatic heterocycles. The minimum atomic E-state index is -0.00444. The predicted octanol–water partition coefficient (Wildman–Crippen LogP) is 2.15. The molecule has 0 spiro atoms. The number of piperazine rings is 1. The van der Waals surface area contributed by atoms with E-state index in [4.69, 9.17) is 0 Å². The van der Waals surface area contributed by atoms with Gasteiger partial charge in [0, 0.05) is 35.0 Å². The van der Waals surface area contributed by atoms with Gasteiger partial charge in [-0.3, -0.25) is 9.89 Å². The molecule has 0 saturated carbocycles. The Morgan fingerprint density at radius 3 is 3.05 bits per heavy atom. The van der Waals surface area contributed by atoms with Crippen LogP contribution in [0.15, 0.2) is 22.7 Å². The summed E-state index contributed by atoms with van der Waals surface area (Å²) >= 11 is 3.44. The van der Waals surface area contributed by atoms with E-state index in [0.29, 0.717) is 18.3 Å². The van der Waals surface area contributed by atoms with Gasteiger partial charge >= 0.3 is 0 Å². The van der Waals surface area contributed by atoms with Crippen molar-refractivity contribution in [3.8, 4) is 0 Å². The summed E-state index contributed by atoms with van der Waals surface area (Å²) in [5.41, 5.74) is 1.38. The zero-order valence-corrected chi connectivity index (χ0v) is 13.1. The minimum Gasteiger partial charge on any atom is -0.332 e. The summed E-state index contributed by atoms with van der Waals surface area (Å²) in [7, 11) is 0. The lowest BCUT2D eigenvalue weighted by atomic mass is 10.1. The average Bonchev–Trinajstić information content (AvgIpc) is 2.84. The third-order valence-corrected chi connectivity index (χ3v) is 4.52. The van der Waals surface area contributed by atoms with Crippen LogP contribution in [-0.2, 0) is 0 Å². The fraction of sp³-hybridized carbons (Fsp3) is 0.429. The van der Waals surface area contributed by atoms with Crippen LogP contribution in [0.2, 0.25) is 0 Å². The lowest BCUT2D eigenvalue weighted by molar-refractivity contribution is 0.0599. The number of carbonyl (C=O) groups excluding carboxylic acids is 1. The first-order valence-corrected chi connectivity index (χ1v) is 7.55. The Kier molecular flexibility index (Phi) is 3.52. The molecule has 6 heteroatoms. The highest BCUT2D eigenvalue weighted by Gasteiger charge is 2.30. The fourth-order valence-corrected chi connectivity index (χ4v) is 2.99. The summed E-state index contributed by atoms with van der Waals surface area (Å²) < 4.78 is 0.946. The van der Waals surface area contributed by atoms with Crippen molar-refractivity contribution in [3.63, 3.8) is 0 Å². The fourth-order valence-electron chi connectivity index (χ4n) is 2.63. The Bertz CT molecular complexity index is 654. The average molecular weight is 337 g/mol. The van der Waals surface area contributed by atoms with E-state index < -0.39 is 0 Å². The number of benzene rings is 1. The molecule has 2 unspecified atom stereocenters. The summed E-state index contributed by atoms with van der Waals surface area (Å²) in [6, 6.07) is 6.25. The third-order valence-electron chi connectivity index (χ3n) is 4.02. The van der Waals surface area contributed by atoms with E-state index in [0.717, 1.165) is 21.9 Å². The van der Waals surface area contributed by atoms with Crippen LogP contribution >= 0.6 is 15.9 Å². The van der Waals surface area contributed by atoms with Gasteiger partial charge in [0.15, 0.2) is 5.69 Å². The normalized spacial score (nSPS) is 23.2. The highest BCUT2D eigenvalue weighted by atomic mass is 79.9. The monoisotopic (exact) mass is 336 g/mol. The maximum absolute atomic E-state index is 12.7. The number of aromatic amines is 1. The van der Waals surface area contributed by atoms with Crippen LogP contribution in [0.1, 0.15) is 24.3 Å². The Balaban J connectivity index is 1.98. The van der Waals surface area contributed by atoms with Gasteiger partial charge in [0.1, 0.15) is 0 Å². The molecule has 1 aromatic heterocycles. The summed E-state index contributed by atoms with van der Waals surface area (Å²) in [6.45, 7) is 5.71. The van der Waals surface area contributed by atoms with Crippen molar-refractivity contribution < 1.29 is 4.79 Å². The highest BCUT2D eigenvalue weighted by molar-refractivity contribution is 9.10. The lowest BCUT2D eigenvalue weighted by Crippen LogP contribution is -2.57. The molecule has 1 aromatic carbocycles. The van der Waals surface area contributed by atoms with Crippen molar-refractivity contribution in [3.05, 3.63) is 28.4 Å². The van der Waals surface area contributed by atoms with E-state index >= 15 is 0 Å². The highest BCUT2D eigenvalue weighted by Crippen LogP contribution is 2.23. The van der Waals surface area contributed by atoms with Gasteiger partial charge in [0.25, 0.3) is 5.91 Å². The molecule has 2 N–H and O–H groups in total. The number of nitrogens with one attached hydrogen (secondary N) is 2. The maximum atomic E-state index is 12.7. The largest absolute Gasteiger partial charge is 0.332 e. The van der Waals surface area contributed by atoms with Gasteiger partial charge in [-0.15, -0.1) is 0 Å². The molecule has 3 rings (SSSR count). The van der Waals surface area contributed by atoms with Crippen LogP contribution in [0.3, 0.4) is 0 Å². The number of aromatic nitrogens is 2. The molecule has 2 aromatic rings. The van der Waals surface area contributed by atoms with Gasteiger partial charge < -0.3 is 10.2 Å².